The van der Waals surface area contributed by atoms with Crippen LogP contribution in [-0.4, -0.2) is 12.7 Å². The maximum atomic E-state index is 8.80. The molecule has 0 atom stereocenters. The predicted octanol–water partition coefficient (Wildman–Crippen LogP) is 6.81. The Morgan fingerprint density at radius 2 is 1.60 bits per heavy atom. The van der Waals surface area contributed by atoms with Crippen LogP contribution in [0, 0.1) is 29.1 Å². The lowest BCUT2D eigenvalue weighted by Gasteiger charge is -2.41. The number of ether oxygens (including phenoxy) is 1. The fourth-order valence-electron chi connectivity index (χ4n) is 5.21. The van der Waals surface area contributed by atoms with E-state index in [4.69, 9.17) is 10.00 Å². The highest BCUT2D eigenvalue weighted by Gasteiger charge is 2.37. The summed E-state index contributed by atoms with van der Waals surface area (Å²) < 4.78 is 5.77. The molecule has 0 aromatic carbocycles. The molecule has 0 heterocycles. The van der Waals surface area contributed by atoms with E-state index < -0.39 is 0 Å². The first-order valence-electron chi connectivity index (χ1n) is 10.9. The SMILES string of the molecule is CCCCCCCC1CCC(C2CCC(C=CC#N)(OC)CC2)CC1. The number of hydrogen-bond acceptors (Lipinski definition) is 2. The molecule has 2 aliphatic carbocycles. The summed E-state index contributed by atoms with van der Waals surface area (Å²) in [5, 5.41) is 8.80. The molecule has 2 rings (SSSR count). The highest BCUT2D eigenvalue weighted by atomic mass is 16.5. The summed E-state index contributed by atoms with van der Waals surface area (Å²) in [5.41, 5.74) is -0.165. The third kappa shape index (κ3) is 6.45. The summed E-state index contributed by atoms with van der Waals surface area (Å²) in [6, 6.07) is 2.12. The monoisotopic (exact) mass is 345 g/mol. The van der Waals surface area contributed by atoms with E-state index in [1.54, 1.807) is 13.2 Å². The van der Waals surface area contributed by atoms with Crippen LogP contribution in [0.5, 0.6) is 0 Å². The van der Waals surface area contributed by atoms with Crippen LogP contribution in [0.1, 0.15) is 96.8 Å². The van der Waals surface area contributed by atoms with Crippen molar-refractivity contribution in [1.29, 1.82) is 5.26 Å². The average Bonchev–Trinajstić information content (AvgIpc) is 2.67. The molecule has 0 amide bonds. The Morgan fingerprint density at radius 3 is 2.20 bits per heavy atom. The van der Waals surface area contributed by atoms with Gasteiger partial charge >= 0.3 is 0 Å². The van der Waals surface area contributed by atoms with E-state index in [1.165, 1.54) is 77.0 Å². The van der Waals surface area contributed by atoms with E-state index in [-0.39, 0.29) is 5.60 Å². The lowest BCUT2D eigenvalue weighted by Crippen LogP contribution is -2.36. The first-order chi connectivity index (χ1) is 12.2. The van der Waals surface area contributed by atoms with Crippen molar-refractivity contribution in [3.8, 4) is 6.07 Å². The Morgan fingerprint density at radius 1 is 0.960 bits per heavy atom. The van der Waals surface area contributed by atoms with Crippen molar-refractivity contribution in [2.75, 3.05) is 7.11 Å². The molecule has 0 aliphatic heterocycles. The van der Waals surface area contributed by atoms with E-state index >= 15 is 0 Å². The summed E-state index contributed by atoms with van der Waals surface area (Å²) in [7, 11) is 1.80. The molecular formula is C23H39NO. The van der Waals surface area contributed by atoms with Crippen molar-refractivity contribution in [3.63, 3.8) is 0 Å². The van der Waals surface area contributed by atoms with Crippen molar-refractivity contribution in [2.45, 2.75) is 102 Å². The van der Waals surface area contributed by atoms with E-state index in [0.29, 0.717) is 0 Å². The van der Waals surface area contributed by atoms with Crippen LogP contribution in [0.4, 0.5) is 0 Å². The van der Waals surface area contributed by atoms with Gasteiger partial charge in [-0.25, -0.2) is 0 Å². The zero-order chi connectivity index (χ0) is 18.0. The molecule has 0 saturated heterocycles. The molecule has 2 nitrogen and oxygen atoms in total. The minimum Gasteiger partial charge on any atom is -0.374 e. The summed E-state index contributed by atoms with van der Waals surface area (Å²) in [4.78, 5) is 0. The zero-order valence-electron chi connectivity index (χ0n) is 16.6. The van der Waals surface area contributed by atoms with Crippen LogP contribution in [0.2, 0.25) is 0 Å². The maximum Gasteiger partial charge on any atom is 0.0909 e. The number of methoxy groups -OCH3 is 1. The van der Waals surface area contributed by atoms with Crippen molar-refractivity contribution >= 4 is 0 Å². The number of hydrogen-bond donors (Lipinski definition) is 0. The van der Waals surface area contributed by atoms with Crippen molar-refractivity contribution in [3.05, 3.63) is 12.2 Å². The van der Waals surface area contributed by atoms with Gasteiger partial charge in [0.15, 0.2) is 0 Å². The Kier molecular flexibility index (Phi) is 9.04. The molecule has 2 heteroatoms. The van der Waals surface area contributed by atoms with Gasteiger partial charge in [0.1, 0.15) is 0 Å². The number of unbranched alkanes of at least 4 members (excludes halogenated alkanes) is 4. The lowest BCUT2D eigenvalue weighted by molar-refractivity contribution is -0.0200. The third-order valence-corrected chi connectivity index (χ3v) is 7.02. The molecule has 142 valence electrons. The summed E-state index contributed by atoms with van der Waals surface area (Å²) >= 11 is 0. The number of allylic oxidation sites excluding steroid dienone is 1. The number of nitrogens with zero attached hydrogens (tertiary/aromatic N) is 1. The van der Waals surface area contributed by atoms with Crippen molar-refractivity contribution in [1.82, 2.24) is 0 Å². The predicted molar refractivity (Wildman–Crippen MR) is 105 cm³/mol. The van der Waals surface area contributed by atoms with Gasteiger partial charge in [-0.2, -0.15) is 5.26 Å². The summed E-state index contributed by atoms with van der Waals surface area (Å²) in [6.45, 7) is 2.29. The van der Waals surface area contributed by atoms with Crippen molar-refractivity contribution in [2.24, 2.45) is 17.8 Å². The Bertz CT molecular complexity index is 420. The summed E-state index contributed by atoms with van der Waals surface area (Å²) in [6.07, 6.45) is 22.8. The van der Waals surface area contributed by atoms with Gasteiger partial charge in [-0.3, -0.25) is 0 Å². The second kappa shape index (κ2) is 11.0. The highest BCUT2D eigenvalue weighted by Crippen LogP contribution is 2.44. The van der Waals surface area contributed by atoms with Gasteiger partial charge in [0.2, 0.25) is 0 Å². The third-order valence-electron chi connectivity index (χ3n) is 7.02. The molecule has 2 aliphatic rings. The minimum atomic E-state index is -0.165. The van der Waals surface area contributed by atoms with Gasteiger partial charge in [0.25, 0.3) is 0 Å². The van der Waals surface area contributed by atoms with E-state index in [1.807, 2.05) is 6.08 Å². The normalized spacial score (nSPS) is 33.4. The van der Waals surface area contributed by atoms with Crippen LogP contribution in [0.3, 0.4) is 0 Å². The van der Waals surface area contributed by atoms with Crippen LogP contribution in [0.25, 0.3) is 0 Å². The topological polar surface area (TPSA) is 33.0 Å². The van der Waals surface area contributed by atoms with E-state index in [0.717, 1.165) is 30.6 Å². The van der Waals surface area contributed by atoms with Crippen LogP contribution in [-0.2, 0) is 4.74 Å². The molecule has 0 aromatic rings. The first-order valence-corrected chi connectivity index (χ1v) is 10.9. The lowest BCUT2D eigenvalue weighted by atomic mass is 9.67. The van der Waals surface area contributed by atoms with E-state index in [9.17, 15) is 0 Å². The smallest absolute Gasteiger partial charge is 0.0909 e. The number of nitriles is 1. The van der Waals surface area contributed by atoms with E-state index in [2.05, 4.69) is 13.0 Å². The Labute approximate surface area is 156 Å². The van der Waals surface area contributed by atoms with Crippen LogP contribution < -0.4 is 0 Å². The molecule has 0 unspecified atom stereocenters. The highest BCUT2D eigenvalue weighted by molar-refractivity contribution is 5.12. The minimum absolute atomic E-state index is 0.165. The maximum absolute atomic E-state index is 8.80. The molecule has 25 heavy (non-hydrogen) atoms. The van der Waals surface area contributed by atoms with Gasteiger partial charge in [0, 0.05) is 13.2 Å². The van der Waals surface area contributed by atoms with Crippen molar-refractivity contribution < 1.29 is 4.74 Å². The zero-order valence-corrected chi connectivity index (χ0v) is 16.6. The van der Waals surface area contributed by atoms with Gasteiger partial charge in [0.05, 0.1) is 11.7 Å². The second-order valence-corrected chi connectivity index (χ2v) is 8.55. The fourth-order valence-corrected chi connectivity index (χ4v) is 5.21. The van der Waals surface area contributed by atoms with Crippen LogP contribution in [0.15, 0.2) is 12.2 Å². The average molecular weight is 346 g/mol. The Balaban J connectivity index is 1.67. The van der Waals surface area contributed by atoms with Gasteiger partial charge < -0.3 is 4.74 Å². The number of rotatable bonds is 9. The molecular weight excluding hydrogens is 306 g/mol. The largest absolute Gasteiger partial charge is 0.374 e. The quantitative estimate of drug-likeness (QED) is 0.340. The van der Waals surface area contributed by atoms with Crippen LogP contribution >= 0.6 is 0 Å². The Hall–Kier alpha value is -0.810. The van der Waals surface area contributed by atoms with Gasteiger partial charge in [-0.15, -0.1) is 0 Å². The first kappa shape index (κ1) is 20.5. The standard InChI is InChI=1S/C23H39NO/c1-3-4-5-6-7-9-20-10-12-21(13-11-20)22-14-17-23(25-2,18-15-22)16-8-19-24/h8,16,20-22H,3-7,9-15,17-18H2,1-2H3. The molecule has 2 saturated carbocycles. The molecule has 0 N–H and O–H groups in total. The van der Waals surface area contributed by atoms with Gasteiger partial charge in [-0.1, -0.05) is 58.3 Å². The molecule has 2 fully saturated rings. The second-order valence-electron chi connectivity index (χ2n) is 8.55. The molecule has 0 aromatic heterocycles. The summed E-state index contributed by atoms with van der Waals surface area (Å²) in [5.74, 6) is 2.86. The molecule has 0 spiro atoms. The molecule has 0 radical (unpaired) electrons. The fraction of sp³-hybridized carbons (Fsp3) is 0.870. The van der Waals surface area contributed by atoms with Gasteiger partial charge in [-0.05, 0) is 62.4 Å². The molecule has 0 bridgehead atoms.